The first kappa shape index (κ1) is 16.3. The number of nitrogens with zero attached hydrogens (tertiary/aromatic N) is 5. The van der Waals surface area contributed by atoms with Gasteiger partial charge in [0.25, 0.3) is 0 Å². The van der Waals surface area contributed by atoms with E-state index in [1.165, 1.54) is 18.2 Å². The van der Waals surface area contributed by atoms with Crippen LogP contribution in [0.5, 0.6) is 0 Å². The van der Waals surface area contributed by atoms with Crippen molar-refractivity contribution in [2.24, 2.45) is 0 Å². The molecular weight excluding hydrogens is 347 g/mol. The summed E-state index contributed by atoms with van der Waals surface area (Å²) in [7, 11) is 0. The fourth-order valence-corrected chi connectivity index (χ4v) is 2.30. The van der Waals surface area contributed by atoms with Crippen LogP contribution < -0.4 is 0 Å². The Hall–Kier alpha value is -3.57. The number of para-hydroxylation sites is 1. The van der Waals surface area contributed by atoms with Gasteiger partial charge in [0, 0.05) is 12.1 Å². The lowest BCUT2D eigenvalue weighted by molar-refractivity contribution is -0.394. The molecule has 2 aromatic carbocycles. The second-order valence-electron chi connectivity index (χ2n) is 4.87. The minimum absolute atomic E-state index is 0.174. The van der Waals surface area contributed by atoms with Gasteiger partial charge in [-0.15, -0.1) is 5.10 Å². The minimum Gasteiger partial charge on any atom is -0.258 e. The van der Waals surface area contributed by atoms with Gasteiger partial charge in [-0.3, -0.25) is 20.2 Å². The Morgan fingerprint density at radius 1 is 1.00 bits per heavy atom. The molecule has 3 rings (SSSR count). The number of alkyl halides is 3. The molecule has 0 N–H and O–H groups in total. The number of rotatable bonds is 3. The van der Waals surface area contributed by atoms with Crippen molar-refractivity contribution in [3.63, 3.8) is 0 Å². The number of hydrogen-bond acceptors (Lipinski definition) is 6. The Morgan fingerprint density at radius 2 is 1.56 bits per heavy atom. The average molecular weight is 353 g/mol. The highest BCUT2D eigenvalue weighted by Crippen LogP contribution is 2.40. The monoisotopic (exact) mass is 353 g/mol. The SMILES string of the molecule is O=[N+]([O-])c1cc(C(F)(F)F)cc([N+](=O)[O-])c1-n1nnc2ccccc21. The fourth-order valence-electron chi connectivity index (χ4n) is 2.30. The summed E-state index contributed by atoms with van der Waals surface area (Å²) in [5, 5.41) is 29.9. The van der Waals surface area contributed by atoms with E-state index in [0.29, 0.717) is 0 Å². The summed E-state index contributed by atoms with van der Waals surface area (Å²) in [6.07, 6.45) is -4.99. The third-order valence-electron chi connectivity index (χ3n) is 3.35. The van der Waals surface area contributed by atoms with Gasteiger partial charge in [0.1, 0.15) is 5.52 Å². The van der Waals surface area contributed by atoms with Gasteiger partial charge in [0.05, 0.1) is 20.9 Å². The maximum Gasteiger partial charge on any atom is 0.416 e. The van der Waals surface area contributed by atoms with E-state index >= 15 is 0 Å². The highest BCUT2D eigenvalue weighted by atomic mass is 19.4. The fraction of sp³-hybridized carbons (Fsp3) is 0.0769. The Kier molecular flexibility index (Phi) is 3.59. The molecule has 0 fully saturated rings. The molecule has 0 aliphatic rings. The molecule has 0 spiro atoms. The average Bonchev–Trinajstić information content (AvgIpc) is 2.96. The normalized spacial score (nSPS) is 11.6. The lowest BCUT2D eigenvalue weighted by Gasteiger charge is -2.10. The van der Waals surface area contributed by atoms with E-state index in [0.717, 1.165) is 4.68 Å². The maximum atomic E-state index is 12.9. The van der Waals surface area contributed by atoms with Crippen LogP contribution in [0.4, 0.5) is 24.5 Å². The third-order valence-corrected chi connectivity index (χ3v) is 3.35. The van der Waals surface area contributed by atoms with Crippen LogP contribution in [-0.2, 0) is 6.18 Å². The summed E-state index contributed by atoms with van der Waals surface area (Å²) in [4.78, 5) is 20.3. The van der Waals surface area contributed by atoms with E-state index in [1.54, 1.807) is 6.07 Å². The van der Waals surface area contributed by atoms with Gasteiger partial charge in [-0.1, -0.05) is 17.3 Å². The Balaban J connectivity index is 2.42. The molecule has 25 heavy (non-hydrogen) atoms. The summed E-state index contributed by atoms with van der Waals surface area (Å²) in [6.45, 7) is 0. The first-order valence-corrected chi connectivity index (χ1v) is 6.55. The standard InChI is InChI=1S/C13H6F3N5O4/c14-13(15,16)7-5-10(20(22)23)12(11(6-7)21(24)25)19-9-4-2-1-3-8(9)17-18-19/h1-6H. The van der Waals surface area contributed by atoms with Crippen LogP contribution in [0.2, 0.25) is 0 Å². The number of fused-ring (bicyclic) bond motifs is 1. The summed E-state index contributed by atoms with van der Waals surface area (Å²) in [6, 6.07) is 6.53. The van der Waals surface area contributed by atoms with Gasteiger partial charge in [0.15, 0.2) is 0 Å². The van der Waals surface area contributed by atoms with Gasteiger partial charge in [-0.2, -0.15) is 17.9 Å². The van der Waals surface area contributed by atoms with Gasteiger partial charge in [-0.05, 0) is 12.1 Å². The molecule has 9 nitrogen and oxygen atoms in total. The van der Waals surface area contributed by atoms with Gasteiger partial charge >= 0.3 is 17.6 Å². The highest BCUT2D eigenvalue weighted by Gasteiger charge is 2.38. The van der Waals surface area contributed by atoms with Crippen LogP contribution in [0.3, 0.4) is 0 Å². The zero-order valence-corrected chi connectivity index (χ0v) is 12.0. The Labute approximate surface area is 135 Å². The number of aromatic nitrogens is 3. The number of nitro groups is 2. The quantitative estimate of drug-likeness (QED) is 0.527. The molecule has 0 saturated heterocycles. The van der Waals surface area contributed by atoms with E-state index in [1.807, 2.05) is 0 Å². The van der Waals surface area contributed by atoms with Crippen molar-refractivity contribution in [1.82, 2.24) is 15.0 Å². The smallest absolute Gasteiger partial charge is 0.258 e. The third kappa shape index (κ3) is 2.73. The molecule has 0 radical (unpaired) electrons. The van der Waals surface area contributed by atoms with Crippen LogP contribution >= 0.6 is 0 Å². The topological polar surface area (TPSA) is 117 Å². The molecule has 0 amide bonds. The number of nitro benzene ring substituents is 2. The lowest BCUT2D eigenvalue weighted by Crippen LogP contribution is -2.11. The zero-order valence-electron chi connectivity index (χ0n) is 12.0. The molecule has 128 valence electrons. The molecule has 0 saturated carbocycles. The molecule has 12 heteroatoms. The molecule has 0 bridgehead atoms. The van der Waals surface area contributed by atoms with Crippen molar-refractivity contribution < 1.29 is 23.0 Å². The predicted octanol–water partition coefficient (Wildman–Crippen LogP) is 3.26. The first-order chi connectivity index (χ1) is 11.7. The van der Waals surface area contributed by atoms with Crippen LogP contribution in [-0.4, -0.2) is 24.8 Å². The molecule has 0 atom stereocenters. The van der Waals surface area contributed by atoms with E-state index in [9.17, 15) is 33.4 Å². The first-order valence-electron chi connectivity index (χ1n) is 6.55. The number of halogens is 3. The second kappa shape index (κ2) is 5.51. The molecule has 0 aliphatic heterocycles. The molecule has 1 aromatic heterocycles. The number of benzene rings is 2. The molecular formula is C13H6F3N5O4. The van der Waals surface area contributed by atoms with Gasteiger partial charge < -0.3 is 0 Å². The van der Waals surface area contributed by atoms with Crippen LogP contribution in [0.25, 0.3) is 16.7 Å². The van der Waals surface area contributed by atoms with Gasteiger partial charge in [0.2, 0.25) is 5.69 Å². The van der Waals surface area contributed by atoms with Crippen LogP contribution in [0.15, 0.2) is 36.4 Å². The van der Waals surface area contributed by atoms with Crippen molar-refractivity contribution in [3.8, 4) is 5.69 Å². The lowest BCUT2D eigenvalue weighted by atomic mass is 10.1. The van der Waals surface area contributed by atoms with Crippen molar-refractivity contribution in [2.75, 3.05) is 0 Å². The van der Waals surface area contributed by atoms with Gasteiger partial charge in [-0.25, -0.2) is 0 Å². The van der Waals surface area contributed by atoms with Crippen LogP contribution in [0.1, 0.15) is 5.56 Å². The molecule has 0 unspecified atom stereocenters. The minimum atomic E-state index is -4.99. The van der Waals surface area contributed by atoms with Crippen molar-refractivity contribution in [2.45, 2.75) is 6.18 Å². The van der Waals surface area contributed by atoms with E-state index in [-0.39, 0.29) is 23.2 Å². The summed E-state index contributed by atoms with van der Waals surface area (Å²) in [5.41, 5.74) is -3.95. The highest BCUT2D eigenvalue weighted by molar-refractivity contribution is 5.79. The van der Waals surface area contributed by atoms with Crippen molar-refractivity contribution in [3.05, 3.63) is 62.2 Å². The van der Waals surface area contributed by atoms with Crippen molar-refractivity contribution >= 4 is 22.4 Å². The van der Waals surface area contributed by atoms with E-state index < -0.39 is 38.6 Å². The molecule has 0 aliphatic carbocycles. The number of hydrogen-bond donors (Lipinski definition) is 0. The largest absolute Gasteiger partial charge is 0.416 e. The van der Waals surface area contributed by atoms with Crippen LogP contribution in [0, 0.1) is 20.2 Å². The summed E-state index contributed by atoms with van der Waals surface area (Å²) < 4.78 is 39.5. The second-order valence-corrected chi connectivity index (χ2v) is 4.87. The Morgan fingerprint density at radius 3 is 2.08 bits per heavy atom. The molecule has 3 aromatic rings. The van der Waals surface area contributed by atoms with E-state index in [4.69, 9.17) is 0 Å². The van der Waals surface area contributed by atoms with E-state index in [2.05, 4.69) is 10.3 Å². The predicted molar refractivity (Wildman–Crippen MR) is 77.2 cm³/mol. The molecule has 1 heterocycles. The summed E-state index contributed by atoms with van der Waals surface area (Å²) >= 11 is 0. The van der Waals surface area contributed by atoms with Crippen molar-refractivity contribution in [1.29, 1.82) is 0 Å². The summed E-state index contributed by atoms with van der Waals surface area (Å²) in [5.74, 6) is 0. The zero-order chi connectivity index (χ0) is 18.4. The Bertz CT molecular complexity index is 979. The maximum absolute atomic E-state index is 12.9.